The van der Waals surface area contributed by atoms with Crippen LogP contribution in [0.15, 0.2) is 77.3 Å². The van der Waals surface area contributed by atoms with E-state index in [9.17, 15) is 9.59 Å². The van der Waals surface area contributed by atoms with Crippen LogP contribution < -0.4 is 15.0 Å². The minimum Gasteiger partial charge on any atom is -0.483 e. The number of hydrogen-bond donors (Lipinski definition) is 1. The number of nitrogens with one attached hydrogen (secondary N) is 1. The summed E-state index contributed by atoms with van der Waals surface area (Å²) in [7, 11) is 0. The number of carbonyl (C=O) groups is 2. The fourth-order valence-corrected chi connectivity index (χ4v) is 3.60. The number of halogens is 1. The second kappa shape index (κ2) is 8.49. The highest BCUT2D eigenvalue weighted by Crippen LogP contribution is 2.30. The number of rotatable bonds is 5. The standard InChI is InChI=1S/C23H19BrN2O3/c24-17-9-11-18(12-10-17)25-22(27)15-29-21-8-4-2-6-19(21)23(28)26-14-13-16-5-1-3-7-20(16)26/h1-12H,13-15H2,(H,25,27). The first-order valence-electron chi connectivity index (χ1n) is 9.29. The van der Waals surface area contributed by atoms with Gasteiger partial charge in [-0.05, 0) is 54.4 Å². The van der Waals surface area contributed by atoms with Gasteiger partial charge in [-0.15, -0.1) is 0 Å². The van der Waals surface area contributed by atoms with E-state index in [1.54, 1.807) is 41.3 Å². The Morgan fingerprint density at radius 3 is 2.52 bits per heavy atom. The van der Waals surface area contributed by atoms with Crippen LogP contribution in [0.25, 0.3) is 0 Å². The molecule has 0 saturated heterocycles. The van der Waals surface area contributed by atoms with Crippen molar-refractivity contribution in [2.75, 3.05) is 23.4 Å². The molecule has 0 radical (unpaired) electrons. The van der Waals surface area contributed by atoms with Gasteiger partial charge in [0.2, 0.25) is 0 Å². The molecule has 0 atom stereocenters. The molecule has 1 aliphatic heterocycles. The summed E-state index contributed by atoms with van der Waals surface area (Å²) in [6.07, 6.45) is 0.834. The van der Waals surface area contributed by atoms with Gasteiger partial charge >= 0.3 is 0 Å². The van der Waals surface area contributed by atoms with Gasteiger partial charge in [-0.3, -0.25) is 9.59 Å². The third-order valence-corrected chi connectivity index (χ3v) is 5.27. The predicted octanol–water partition coefficient (Wildman–Crippen LogP) is 4.67. The van der Waals surface area contributed by atoms with Crippen LogP contribution in [-0.2, 0) is 11.2 Å². The fourth-order valence-electron chi connectivity index (χ4n) is 3.34. The first kappa shape index (κ1) is 19.2. The number of para-hydroxylation sites is 2. The maximum atomic E-state index is 13.1. The van der Waals surface area contributed by atoms with E-state index in [1.807, 2.05) is 36.4 Å². The van der Waals surface area contributed by atoms with E-state index >= 15 is 0 Å². The van der Waals surface area contributed by atoms with Gasteiger partial charge in [0.05, 0.1) is 5.56 Å². The van der Waals surface area contributed by atoms with Gasteiger partial charge in [-0.25, -0.2) is 0 Å². The molecule has 0 saturated carbocycles. The Morgan fingerprint density at radius 2 is 1.69 bits per heavy atom. The average Bonchev–Trinajstić information content (AvgIpc) is 3.18. The highest BCUT2D eigenvalue weighted by atomic mass is 79.9. The Morgan fingerprint density at radius 1 is 0.966 bits per heavy atom. The molecule has 146 valence electrons. The van der Waals surface area contributed by atoms with E-state index in [0.717, 1.165) is 22.1 Å². The molecule has 0 bridgehead atoms. The molecule has 6 heteroatoms. The number of benzene rings is 3. The van der Waals surface area contributed by atoms with Gasteiger partial charge in [0.1, 0.15) is 5.75 Å². The van der Waals surface area contributed by atoms with E-state index in [0.29, 0.717) is 23.5 Å². The number of hydrogen-bond acceptors (Lipinski definition) is 3. The molecule has 2 amide bonds. The van der Waals surface area contributed by atoms with Crippen molar-refractivity contribution in [3.63, 3.8) is 0 Å². The smallest absolute Gasteiger partial charge is 0.262 e. The number of carbonyl (C=O) groups excluding carboxylic acids is 2. The molecule has 0 aliphatic carbocycles. The number of nitrogens with zero attached hydrogens (tertiary/aromatic N) is 1. The number of fused-ring (bicyclic) bond motifs is 1. The highest BCUT2D eigenvalue weighted by Gasteiger charge is 2.27. The summed E-state index contributed by atoms with van der Waals surface area (Å²) in [5.74, 6) is -0.0206. The lowest BCUT2D eigenvalue weighted by Gasteiger charge is -2.19. The molecule has 0 fully saturated rings. The average molecular weight is 451 g/mol. The molecular formula is C23H19BrN2O3. The van der Waals surface area contributed by atoms with Gasteiger partial charge in [0.25, 0.3) is 11.8 Å². The van der Waals surface area contributed by atoms with Crippen LogP contribution in [0.1, 0.15) is 15.9 Å². The van der Waals surface area contributed by atoms with Crippen LogP contribution in [0, 0.1) is 0 Å². The van der Waals surface area contributed by atoms with Crippen molar-refractivity contribution in [3.8, 4) is 5.75 Å². The molecule has 0 spiro atoms. The SMILES string of the molecule is O=C(COc1ccccc1C(=O)N1CCc2ccccc21)Nc1ccc(Br)cc1. The molecule has 5 nitrogen and oxygen atoms in total. The zero-order valence-electron chi connectivity index (χ0n) is 15.6. The van der Waals surface area contributed by atoms with Gasteiger partial charge < -0.3 is 15.0 Å². The van der Waals surface area contributed by atoms with Crippen molar-refractivity contribution in [2.24, 2.45) is 0 Å². The second-order valence-corrected chi connectivity index (χ2v) is 7.59. The van der Waals surface area contributed by atoms with Crippen LogP contribution in [0.4, 0.5) is 11.4 Å². The van der Waals surface area contributed by atoms with Crippen LogP contribution in [0.2, 0.25) is 0 Å². The molecular weight excluding hydrogens is 432 g/mol. The summed E-state index contributed by atoms with van der Waals surface area (Å²) < 4.78 is 6.63. The first-order valence-corrected chi connectivity index (χ1v) is 10.1. The Hall–Kier alpha value is -3.12. The van der Waals surface area contributed by atoms with E-state index in [2.05, 4.69) is 21.2 Å². The largest absolute Gasteiger partial charge is 0.483 e. The zero-order valence-corrected chi connectivity index (χ0v) is 17.2. The lowest BCUT2D eigenvalue weighted by atomic mass is 10.1. The van der Waals surface area contributed by atoms with Gasteiger partial charge in [-0.2, -0.15) is 0 Å². The summed E-state index contributed by atoms with van der Waals surface area (Å²) >= 11 is 3.36. The molecule has 4 rings (SSSR count). The van der Waals surface area contributed by atoms with E-state index in [1.165, 1.54) is 0 Å². The van der Waals surface area contributed by atoms with Gasteiger partial charge in [0, 0.05) is 22.4 Å². The lowest BCUT2D eigenvalue weighted by Crippen LogP contribution is -2.29. The zero-order chi connectivity index (χ0) is 20.2. The Balaban J connectivity index is 1.45. The minimum absolute atomic E-state index is 0.126. The fraction of sp³-hybridized carbons (Fsp3) is 0.130. The molecule has 0 aromatic heterocycles. The topological polar surface area (TPSA) is 58.6 Å². The number of amides is 2. The molecule has 29 heavy (non-hydrogen) atoms. The lowest BCUT2D eigenvalue weighted by molar-refractivity contribution is -0.118. The van der Waals surface area contributed by atoms with Crippen molar-refractivity contribution in [3.05, 3.63) is 88.4 Å². The molecule has 1 N–H and O–H groups in total. The van der Waals surface area contributed by atoms with Crippen molar-refractivity contribution < 1.29 is 14.3 Å². The molecule has 3 aromatic rings. The third kappa shape index (κ3) is 4.32. The quantitative estimate of drug-likeness (QED) is 0.614. The van der Waals surface area contributed by atoms with Crippen LogP contribution >= 0.6 is 15.9 Å². The van der Waals surface area contributed by atoms with Crippen LogP contribution in [0.3, 0.4) is 0 Å². The number of anilines is 2. The number of ether oxygens (including phenoxy) is 1. The summed E-state index contributed by atoms with van der Waals surface area (Å²) in [4.78, 5) is 27.1. The Labute approximate surface area is 177 Å². The molecule has 3 aromatic carbocycles. The van der Waals surface area contributed by atoms with Gasteiger partial charge in [0.15, 0.2) is 6.61 Å². The van der Waals surface area contributed by atoms with E-state index in [4.69, 9.17) is 4.74 Å². The Kier molecular flexibility index (Phi) is 5.62. The maximum absolute atomic E-state index is 13.1. The summed E-state index contributed by atoms with van der Waals surface area (Å²) in [5, 5.41) is 2.78. The van der Waals surface area contributed by atoms with Gasteiger partial charge in [-0.1, -0.05) is 46.3 Å². The predicted molar refractivity (Wildman–Crippen MR) is 117 cm³/mol. The van der Waals surface area contributed by atoms with Crippen molar-refractivity contribution in [1.82, 2.24) is 0 Å². The van der Waals surface area contributed by atoms with Crippen LogP contribution in [-0.4, -0.2) is 25.0 Å². The monoisotopic (exact) mass is 450 g/mol. The summed E-state index contributed by atoms with van der Waals surface area (Å²) in [6.45, 7) is 0.452. The van der Waals surface area contributed by atoms with Crippen molar-refractivity contribution >= 4 is 39.1 Å². The summed E-state index contributed by atoms with van der Waals surface area (Å²) in [5.41, 5.74) is 3.22. The minimum atomic E-state index is -0.291. The molecule has 1 aliphatic rings. The van der Waals surface area contributed by atoms with E-state index < -0.39 is 0 Å². The second-order valence-electron chi connectivity index (χ2n) is 6.68. The third-order valence-electron chi connectivity index (χ3n) is 4.74. The maximum Gasteiger partial charge on any atom is 0.262 e. The first-order chi connectivity index (χ1) is 14.1. The Bertz CT molecular complexity index is 1050. The van der Waals surface area contributed by atoms with Crippen molar-refractivity contribution in [1.29, 1.82) is 0 Å². The molecule has 0 unspecified atom stereocenters. The highest BCUT2D eigenvalue weighted by molar-refractivity contribution is 9.10. The normalized spacial score (nSPS) is 12.4. The van der Waals surface area contributed by atoms with Crippen LogP contribution in [0.5, 0.6) is 5.75 Å². The molecule has 1 heterocycles. The van der Waals surface area contributed by atoms with Crippen molar-refractivity contribution in [2.45, 2.75) is 6.42 Å². The summed E-state index contributed by atoms with van der Waals surface area (Å²) in [6, 6.07) is 22.2. The van der Waals surface area contributed by atoms with E-state index in [-0.39, 0.29) is 18.4 Å².